The Kier molecular flexibility index (Phi) is 3.68. The summed E-state index contributed by atoms with van der Waals surface area (Å²) in [7, 11) is 0. The van der Waals surface area contributed by atoms with E-state index < -0.39 is 28.1 Å². The third kappa shape index (κ3) is 2.53. The molecule has 0 unspecified atom stereocenters. The van der Waals surface area contributed by atoms with Gasteiger partial charge in [-0.15, -0.1) is 0 Å². The van der Waals surface area contributed by atoms with Gasteiger partial charge in [-0.2, -0.15) is 10.5 Å². The fraction of sp³-hybridized carbons (Fsp3) is 0. The van der Waals surface area contributed by atoms with Gasteiger partial charge < -0.3 is 5.73 Å². The van der Waals surface area contributed by atoms with Crippen molar-refractivity contribution in [2.24, 2.45) is 11.0 Å². The lowest BCUT2D eigenvalue weighted by molar-refractivity contribution is -0.384. The van der Waals surface area contributed by atoms with Crippen molar-refractivity contribution >= 4 is 33.3 Å². The van der Waals surface area contributed by atoms with Gasteiger partial charge >= 0.3 is 6.03 Å². The second-order valence-corrected chi connectivity index (χ2v) is 3.62. The minimum absolute atomic E-state index is 0.201. The Morgan fingerprint density at radius 1 is 1.65 bits per heavy atom. The van der Waals surface area contributed by atoms with Gasteiger partial charge in [0.15, 0.2) is 5.82 Å². The second-order valence-electron chi connectivity index (χ2n) is 2.77. The zero-order valence-corrected chi connectivity index (χ0v) is 9.64. The van der Waals surface area contributed by atoms with Crippen LogP contribution in [0.4, 0.5) is 20.6 Å². The molecule has 0 spiro atoms. The van der Waals surface area contributed by atoms with E-state index in [1.165, 1.54) is 0 Å². The predicted molar refractivity (Wildman–Crippen MR) is 58.0 cm³/mol. The highest BCUT2D eigenvalue weighted by Gasteiger charge is 2.22. The number of carbonyl (C=O) groups excluding carboxylic acids is 1. The summed E-state index contributed by atoms with van der Waals surface area (Å²) < 4.78 is 13.3. The number of amides is 2. The van der Waals surface area contributed by atoms with Crippen molar-refractivity contribution in [1.82, 2.24) is 0 Å². The van der Waals surface area contributed by atoms with Crippen LogP contribution in [0.5, 0.6) is 0 Å². The van der Waals surface area contributed by atoms with Crippen LogP contribution < -0.4 is 10.7 Å². The van der Waals surface area contributed by atoms with Gasteiger partial charge in [0.05, 0.1) is 9.40 Å². The molecule has 2 amide bonds. The number of non-ortho nitro benzene ring substituents is 1. The van der Waals surface area contributed by atoms with E-state index in [1.54, 1.807) is 0 Å². The first-order chi connectivity index (χ1) is 7.88. The van der Waals surface area contributed by atoms with Gasteiger partial charge in [-0.25, -0.2) is 9.18 Å². The zero-order valence-electron chi connectivity index (χ0n) is 8.05. The number of primary amides is 1. The van der Waals surface area contributed by atoms with Crippen LogP contribution >= 0.6 is 15.9 Å². The third-order valence-corrected chi connectivity index (χ3v) is 2.32. The number of hydrogen-bond acceptors (Lipinski definition) is 5. The molecule has 0 saturated heterocycles. The molecule has 3 N–H and O–H groups in total. The average Bonchev–Trinajstić information content (AvgIpc) is 2.24. The van der Waals surface area contributed by atoms with Crippen LogP contribution in [0.25, 0.3) is 0 Å². The van der Waals surface area contributed by atoms with Crippen molar-refractivity contribution in [1.29, 1.82) is 5.53 Å². The first-order valence-electron chi connectivity index (χ1n) is 3.99. The Morgan fingerprint density at radius 2 is 2.24 bits per heavy atom. The third-order valence-electron chi connectivity index (χ3n) is 1.74. The van der Waals surface area contributed by atoms with Gasteiger partial charge in [0.2, 0.25) is 0 Å². The standard InChI is InChI=1S/C7H5BrFN5O3/c8-4-1-3(14(16)17)2-5(6(4)9)13(12-11)7(10)15/h1-2,11H,(H2,10,15). The van der Waals surface area contributed by atoms with E-state index in [0.717, 1.165) is 12.1 Å². The van der Waals surface area contributed by atoms with Crippen LogP contribution in [0.3, 0.4) is 0 Å². The minimum atomic E-state index is -1.23. The molecule has 1 aromatic rings. The Balaban J connectivity index is 3.45. The van der Waals surface area contributed by atoms with Crippen molar-refractivity contribution in [2.45, 2.75) is 0 Å². The average molecular weight is 306 g/mol. The van der Waals surface area contributed by atoms with Crippen LogP contribution in [0, 0.1) is 21.5 Å². The molecule has 1 rings (SSSR count). The van der Waals surface area contributed by atoms with E-state index in [2.05, 4.69) is 21.2 Å². The molecule has 0 aromatic heterocycles. The van der Waals surface area contributed by atoms with Gasteiger partial charge in [0, 0.05) is 12.1 Å². The number of rotatable bonds is 3. The van der Waals surface area contributed by atoms with Crippen molar-refractivity contribution in [3.8, 4) is 0 Å². The summed E-state index contributed by atoms with van der Waals surface area (Å²) in [6.07, 6.45) is 0. The number of nitro benzene ring substituents is 1. The van der Waals surface area contributed by atoms with E-state index in [4.69, 9.17) is 11.3 Å². The number of carbonyl (C=O) groups is 1. The van der Waals surface area contributed by atoms with Crippen molar-refractivity contribution in [3.05, 3.63) is 32.5 Å². The quantitative estimate of drug-likeness (QED) is 0.505. The van der Waals surface area contributed by atoms with Crippen molar-refractivity contribution in [2.75, 3.05) is 5.01 Å². The summed E-state index contributed by atoms with van der Waals surface area (Å²) in [5.74, 6) is -0.981. The molecular weight excluding hydrogens is 301 g/mol. The molecule has 10 heteroatoms. The number of nitrogens with one attached hydrogen (secondary N) is 1. The fourth-order valence-electron chi connectivity index (χ4n) is 1.04. The van der Waals surface area contributed by atoms with E-state index in [9.17, 15) is 19.3 Å². The Morgan fingerprint density at radius 3 is 2.65 bits per heavy atom. The van der Waals surface area contributed by atoms with E-state index in [-0.39, 0.29) is 9.48 Å². The molecule has 17 heavy (non-hydrogen) atoms. The molecule has 0 saturated carbocycles. The highest BCUT2D eigenvalue weighted by atomic mass is 79.9. The maximum Gasteiger partial charge on any atom is 0.341 e. The number of urea groups is 1. The first kappa shape index (κ1) is 13.0. The van der Waals surface area contributed by atoms with Gasteiger partial charge in [-0.05, 0) is 15.9 Å². The number of nitrogens with two attached hydrogens (primary N) is 1. The molecular formula is C7H5BrFN5O3. The van der Waals surface area contributed by atoms with Gasteiger partial charge in [0.1, 0.15) is 5.69 Å². The smallest absolute Gasteiger partial charge is 0.341 e. The monoisotopic (exact) mass is 305 g/mol. The number of nitro groups is 1. The molecule has 0 heterocycles. The number of benzene rings is 1. The Hall–Kier alpha value is -2.10. The summed E-state index contributed by atoms with van der Waals surface area (Å²) in [5, 5.41) is 13.4. The maximum atomic E-state index is 13.6. The largest absolute Gasteiger partial charge is 0.350 e. The number of halogens is 2. The zero-order chi connectivity index (χ0) is 13.2. The van der Waals surface area contributed by atoms with Crippen LogP contribution in [-0.4, -0.2) is 11.0 Å². The van der Waals surface area contributed by atoms with Gasteiger partial charge in [-0.1, -0.05) is 5.22 Å². The summed E-state index contributed by atoms with van der Waals surface area (Å²) in [6, 6.07) is 0.441. The van der Waals surface area contributed by atoms with Crippen LogP contribution in [0.1, 0.15) is 0 Å². The molecule has 0 fully saturated rings. The molecule has 0 radical (unpaired) electrons. The lowest BCUT2D eigenvalue weighted by Crippen LogP contribution is -2.31. The minimum Gasteiger partial charge on any atom is -0.350 e. The predicted octanol–water partition coefficient (Wildman–Crippen LogP) is 2.33. The second kappa shape index (κ2) is 4.82. The number of nitrogens with zero attached hydrogens (tertiary/aromatic N) is 3. The van der Waals surface area contributed by atoms with E-state index in [1.807, 2.05) is 0 Å². The highest BCUT2D eigenvalue weighted by molar-refractivity contribution is 9.10. The Labute approximate surface area is 102 Å². The van der Waals surface area contributed by atoms with Gasteiger partial charge in [0.25, 0.3) is 5.69 Å². The summed E-state index contributed by atoms with van der Waals surface area (Å²) in [6.45, 7) is 0. The molecule has 1 aromatic carbocycles. The SMILES string of the molecule is N=NN(C(N)=O)c1cc([N+](=O)[O-])cc(Br)c1F. The van der Waals surface area contributed by atoms with Crippen molar-refractivity contribution < 1.29 is 14.1 Å². The topological polar surface area (TPSA) is 126 Å². The molecule has 0 bridgehead atoms. The van der Waals surface area contributed by atoms with Crippen LogP contribution in [0.2, 0.25) is 0 Å². The molecule has 0 aliphatic rings. The fourth-order valence-corrected chi connectivity index (χ4v) is 1.48. The molecule has 8 nitrogen and oxygen atoms in total. The Bertz CT molecular complexity index is 509. The van der Waals surface area contributed by atoms with Crippen molar-refractivity contribution in [3.63, 3.8) is 0 Å². The number of anilines is 1. The highest BCUT2D eigenvalue weighted by Crippen LogP contribution is 2.31. The number of hydrogen-bond donors (Lipinski definition) is 2. The van der Waals surface area contributed by atoms with E-state index in [0.29, 0.717) is 0 Å². The maximum absolute atomic E-state index is 13.6. The summed E-state index contributed by atoms with van der Waals surface area (Å²) in [5.41, 5.74) is 10.5. The van der Waals surface area contributed by atoms with Gasteiger partial charge in [-0.3, -0.25) is 10.1 Å². The normalized spacial score (nSPS) is 9.76. The van der Waals surface area contributed by atoms with E-state index >= 15 is 0 Å². The molecule has 90 valence electrons. The molecule has 0 atom stereocenters. The van der Waals surface area contributed by atoms with Crippen LogP contribution in [-0.2, 0) is 0 Å². The lowest BCUT2D eigenvalue weighted by Gasteiger charge is -2.13. The van der Waals surface area contributed by atoms with Crippen LogP contribution in [0.15, 0.2) is 21.8 Å². The molecule has 0 aliphatic heterocycles. The molecule has 0 aliphatic carbocycles. The summed E-state index contributed by atoms with van der Waals surface area (Å²) >= 11 is 2.75. The lowest BCUT2D eigenvalue weighted by atomic mass is 10.2. The summed E-state index contributed by atoms with van der Waals surface area (Å²) in [4.78, 5) is 20.6. The first-order valence-corrected chi connectivity index (χ1v) is 4.78.